The van der Waals surface area contributed by atoms with Crippen LogP contribution >= 0.6 is 11.3 Å². The molecule has 0 fully saturated rings. The van der Waals surface area contributed by atoms with E-state index in [0.717, 1.165) is 28.7 Å². The van der Waals surface area contributed by atoms with E-state index in [-0.39, 0.29) is 6.03 Å². The first-order valence-electron chi connectivity index (χ1n) is 8.97. The van der Waals surface area contributed by atoms with Crippen molar-refractivity contribution in [3.8, 4) is 11.5 Å². The largest absolute Gasteiger partial charge is 0.457 e. The van der Waals surface area contributed by atoms with Crippen LogP contribution in [0.15, 0.2) is 60.8 Å². The van der Waals surface area contributed by atoms with Gasteiger partial charge in [-0.3, -0.25) is 9.69 Å². The molecule has 0 aliphatic carbocycles. The van der Waals surface area contributed by atoms with E-state index in [2.05, 4.69) is 10.3 Å². The van der Waals surface area contributed by atoms with Gasteiger partial charge in [-0.25, -0.2) is 9.78 Å². The monoisotopic (exact) mass is 401 g/mol. The van der Waals surface area contributed by atoms with E-state index in [1.165, 1.54) is 11.3 Å². The van der Waals surface area contributed by atoms with Crippen LogP contribution in [0.1, 0.15) is 15.2 Å². The smallest absolute Gasteiger partial charge is 0.331 e. The summed E-state index contributed by atoms with van der Waals surface area (Å²) < 4.78 is 5.89. The molecule has 0 spiro atoms. The highest BCUT2D eigenvalue weighted by atomic mass is 32.1. The lowest BCUT2D eigenvalue weighted by Gasteiger charge is -2.29. The van der Waals surface area contributed by atoms with Crippen molar-refractivity contribution in [3.05, 3.63) is 71.2 Å². The van der Waals surface area contributed by atoms with Gasteiger partial charge >= 0.3 is 6.03 Å². The lowest BCUT2D eigenvalue weighted by Crippen LogP contribution is -2.34. The van der Waals surface area contributed by atoms with Crippen LogP contribution in [0.3, 0.4) is 0 Å². The van der Waals surface area contributed by atoms with Gasteiger partial charge in [0.1, 0.15) is 16.3 Å². The van der Waals surface area contributed by atoms with E-state index in [1.54, 1.807) is 17.2 Å². The van der Waals surface area contributed by atoms with E-state index in [1.807, 2.05) is 55.5 Å². The fourth-order valence-corrected chi connectivity index (χ4v) is 4.43. The summed E-state index contributed by atoms with van der Waals surface area (Å²) in [5.74, 6) is 1.43. The number of anilines is 3. The van der Waals surface area contributed by atoms with Crippen LogP contribution in [0, 0.1) is 6.92 Å². The average molecular weight is 401 g/mol. The lowest BCUT2D eigenvalue weighted by atomic mass is 10.1. The van der Waals surface area contributed by atoms with Crippen LogP contribution < -0.4 is 15.0 Å². The van der Waals surface area contributed by atoms with Gasteiger partial charge in [0.05, 0.1) is 27.3 Å². The minimum absolute atomic E-state index is 0.314. The summed E-state index contributed by atoms with van der Waals surface area (Å²) in [6.07, 6.45) is 2.41. The minimum Gasteiger partial charge on any atom is -0.457 e. The molecular weight excluding hydrogens is 386 g/mol. The maximum atomic E-state index is 12.9. The van der Waals surface area contributed by atoms with Gasteiger partial charge in [-0.15, -0.1) is 11.3 Å². The first kappa shape index (κ1) is 17.4. The third-order valence-corrected chi connectivity index (χ3v) is 5.79. The zero-order valence-electron chi connectivity index (χ0n) is 15.4. The van der Waals surface area contributed by atoms with Gasteiger partial charge in [-0.05, 0) is 48.9 Å². The molecule has 0 bridgehead atoms. The van der Waals surface area contributed by atoms with Gasteiger partial charge in [0.15, 0.2) is 6.29 Å². The highest BCUT2D eigenvalue weighted by molar-refractivity contribution is 7.21. The predicted octanol–water partition coefficient (Wildman–Crippen LogP) is 5.89. The first-order chi connectivity index (χ1) is 14.2. The van der Waals surface area contributed by atoms with Crippen LogP contribution in [0.5, 0.6) is 11.5 Å². The number of hydrogen-bond donors (Lipinski definition) is 1. The van der Waals surface area contributed by atoms with Gasteiger partial charge in [-0.1, -0.05) is 18.2 Å². The van der Waals surface area contributed by atoms with Crippen molar-refractivity contribution in [2.24, 2.45) is 0 Å². The average Bonchev–Trinajstić information content (AvgIpc) is 3.09. The summed E-state index contributed by atoms with van der Waals surface area (Å²) in [5, 5.41) is 3.63. The number of pyridine rings is 1. The number of benzene rings is 2. The number of thiophene rings is 1. The van der Waals surface area contributed by atoms with Crippen LogP contribution in [0.25, 0.3) is 10.2 Å². The molecule has 3 heterocycles. The number of aldehydes is 1. The SMILES string of the molecule is Cc1cc(Oc2ccccc2)ccc1N1C(=O)Nc2c(C=O)sc3nccc1c23. The molecule has 29 heavy (non-hydrogen) atoms. The van der Waals surface area contributed by atoms with Crippen molar-refractivity contribution in [3.63, 3.8) is 0 Å². The van der Waals surface area contributed by atoms with E-state index in [4.69, 9.17) is 4.74 Å². The van der Waals surface area contributed by atoms with Crippen LogP contribution in [-0.4, -0.2) is 17.3 Å². The number of carbonyl (C=O) groups excluding carboxylic acids is 2. The molecule has 2 aromatic carbocycles. The van der Waals surface area contributed by atoms with Crippen LogP contribution in [0.2, 0.25) is 0 Å². The topological polar surface area (TPSA) is 71.5 Å². The molecule has 2 aromatic heterocycles. The van der Waals surface area contributed by atoms with Crippen LogP contribution in [-0.2, 0) is 0 Å². The first-order valence-corrected chi connectivity index (χ1v) is 9.78. The van der Waals surface area contributed by atoms with Gasteiger partial charge in [0.25, 0.3) is 0 Å². The van der Waals surface area contributed by atoms with Gasteiger partial charge in [0.2, 0.25) is 0 Å². The summed E-state index contributed by atoms with van der Waals surface area (Å²) >= 11 is 1.27. The number of amides is 2. The number of nitrogens with one attached hydrogen (secondary N) is 1. The van der Waals surface area contributed by atoms with E-state index in [0.29, 0.717) is 26.8 Å². The van der Waals surface area contributed by atoms with Gasteiger partial charge in [-0.2, -0.15) is 0 Å². The molecule has 5 rings (SSSR count). The fourth-order valence-electron chi connectivity index (χ4n) is 3.50. The third kappa shape index (κ3) is 2.83. The molecule has 1 aliphatic rings. The third-order valence-electron chi connectivity index (χ3n) is 4.77. The Balaban J connectivity index is 1.58. The molecule has 0 unspecified atom stereocenters. The molecule has 1 N–H and O–H groups in total. The molecule has 0 atom stereocenters. The van der Waals surface area contributed by atoms with E-state index in [9.17, 15) is 9.59 Å². The maximum Gasteiger partial charge on any atom is 0.331 e. The molecule has 4 aromatic rings. The summed E-state index contributed by atoms with van der Waals surface area (Å²) in [7, 11) is 0. The molecule has 0 radical (unpaired) electrons. The van der Waals surface area contributed by atoms with Crippen molar-refractivity contribution < 1.29 is 14.3 Å². The molecule has 0 saturated carbocycles. The Bertz CT molecular complexity index is 1270. The van der Waals surface area contributed by atoms with Crippen molar-refractivity contribution in [2.75, 3.05) is 10.2 Å². The molecule has 1 aliphatic heterocycles. The van der Waals surface area contributed by atoms with Crippen molar-refractivity contribution >= 4 is 50.9 Å². The summed E-state index contributed by atoms with van der Waals surface area (Å²) in [5.41, 5.74) is 2.86. The second-order valence-electron chi connectivity index (χ2n) is 6.60. The molecular formula is C22H15N3O3S. The van der Waals surface area contributed by atoms with Crippen molar-refractivity contribution in [1.29, 1.82) is 0 Å². The van der Waals surface area contributed by atoms with Crippen molar-refractivity contribution in [2.45, 2.75) is 6.92 Å². The highest BCUT2D eigenvalue weighted by Gasteiger charge is 2.31. The Morgan fingerprint density at radius 2 is 1.90 bits per heavy atom. The zero-order valence-corrected chi connectivity index (χ0v) is 16.2. The lowest BCUT2D eigenvalue weighted by molar-refractivity contribution is 0.112. The molecule has 2 amide bonds. The Labute approximate surface area is 170 Å². The van der Waals surface area contributed by atoms with Gasteiger partial charge < -0.3 is 10.1 Å². The number of hydrogen-bond acceptors (Lipinski definition) is 5. The normalized spacial score (nSPS) is 12.7. The number of para-hydroxylation sites is 1. The highest BCUT2D eigenvalue weighted by Crippen LogP contribution is 2.45. The zero-order chi connectivity index (χ0) is 20.0. The van der Waals surface area contributed by atoms with Crippen molar-refractivity contribution in [1.82, 2.24) is 4.98 Å². The predicted molar refractivity (Wildman–Crippen MR) is 114 cm³/mol. The minimum atomic E-state index is -0.314. The number of aryl methyl sites for hydroxylation is 1. The number of urea groups is 1. The Hall–Kier alpha value is -3.71. The number of nitrogens with zero attached hydrogens (tertiary/aromatic N) is 2. The molecule has 6 nitrogen and oxygen atoms in total. The molecule has 7 heteroatoms. The fraction of sp³-hybridized carbons (Fsp3) is 0.0455. The Morgan fingerprint density at radius 1 is 1.07 bits per heavy atom. The molecule has 142 valence electrons. The quantitative estimate of drug-likeness (QED) is 0.433. The number of aromatic nitrogens is 1. The summed E-state index contributed by atoms with van der Waals surface area (Å²) in [4.78, 5) is 31.5. The summed E-state index contributed by atoms with van der Waals surface area (Å²) in [6, 6.07) is 16.6. The number of rotatable bonds is 4. The number of ether oxygens (including phenoxy) is 1. The second kappa shape index (κ2) is 6.72. The summed E-state index contributed by atoms with van der Waals surface area (Å²) in [6.45, 7) is 1.93. The van der Waals surface area contributed by atoms with Crippen LogP contribution in [0.4, 0.5) is 21.9 Å². The maximum absolute atomic E-state index is 12.9. The Kier molecular flexibility index (Phi) is 4.03. The standard InChI is InChI=1S/C22H15N3O3S/c1-13-11-15(28-14-5-3-2-4-6-14)7-8-16(13)25-17-9-10-23-21-19(17)20(24-22(25)27)18(12-26)29-21/h2-12H,1H3,(H,24,27). The molecule has 0 saturated heterocycles. The number of carbonyl (C=O) groups is 2. The van der Waals surface area contributed by atoms with E-state index >= 15 is 0 Å². The van der Waals surface area contributed by atoms with E-state index < -0.39 is 0 Å². The van der Waals surface area contributed by atoms with Gasteiger partial charge in [0, 0.05) is 6.20 Å². The Morgan fingerprint density at radius 3 is 2.66 bits per heavy atom. The second-order valence-corrected chi connectivity index (χ2v) is 7.63.